The Kier molecular flexibility index (Phi) is 2.78. The minimum absolute atomic E-state index is 0.0211. The van der Waals surface area contributed by atoms with Gasteiger partial charge in [-0.05, 0) is 24.6 Å². The van der Waals surface area contributed by atoms with Gasteiger partial charge in [-0.3, -0.25) is 4.57 Å². The second-order valence-corrected chi connectivity index (χ2v) is 5.03. The van der Waals surface area contributed by atoms with E-state index in [-0.39, 0.29) is 5.56 Å². The molecule has 1 unspecified atom stereocenters. The van der Waals surface area contributed by atoms with Crippen LogP contribution in [0.2, 0.25) is 0 Å². The minimum atomic E-state index is -4.67. The summed E-state index contributed by atoms with van der Waals surface area (Å²) in [5, 5.41) is 7.25. The van der Waals surface area contributed by atoms with Crippen molar-refractivity contribution < 1.29 is 23.8 Å². The number of hydrogen-bond donors (Lipinski definition) is 3. The van der Waals surface area contributed by atoms with E-state index in [0.717, 1.165) is 31.2 Å². The van der Waals surface area contributed by atoms with Crippen molar-refractivity contribution in [3.05, 3.63) is 35.6 Å². The molecule has 0 aliphatic heterocycles. The Morgan fingerprint density at radius 1 is 1.29 bits per heavy atom. The maximum atomic E-state index is 12.5. The summed E-state index contributed by atoms with van der Waals surface area (Å²) in [5.41, 5.74) is -0.0211. The summed E-state index contributed by atoms with van der Waals surface area (Å²) in [6.45, 7) is 0.987. The Morgan fingerprint density at radius 2 is 1.71 bits per heavy atom. The fraction of sp³-hybridized carbons (Fsp3) is 0.250. The molecule has 0 spiro atoms. The highest BCUT2D eigenvalue weighted by Crippen LogP contribution is 2.54. The van der Waals surface area contributed by atoms with Crippen LogP contribution in [0.3, 0.4) is 0 Å². The van der Waals surface area contributed by atoms with E-state index in [9.17, 15) is 14.1 Å². The largest absolute Gasteiger partial charge is 0.373 e. The molecule has 0 aromatic heterocycles. The third-order valence-electron chi connectivity index (χ3n) is 1.96. The highest BCUT2D eigenvalue weighted by molar-refractivity contribution is 7.52. The van der Waals surface area contributed by atoms with Gasteiger partial charge in [0.05, 0.1) is 0 Å². The van der Waals surface area contributed by atoms with E-state index < -0.39 is 18.8 Å². The van der Waals surface area contributed by atoms with E-state index in [1.165, 1.54) is 0 Å². The van der Waals surface area contributed by atoms with Gasteiger partial charge in [0.25, 0.3) is 0 Å². The summed E-state index contributed by atoms with van der Waals surface area (Å²) in [4.78, 5) is 17.7. The second-order valence-electron chi connectivity index (χ2n) is 3.07. The van der Waals surface area contributed by atoms with Gasteiger partial charge in [-0.2, -0.15) is 0 Å². The Morgan fingerprint density at radius 3 is 2.07 bits per heavy atom. The van der Waals surface area contributed by atoms with Crippen LogP contribution < -0.4 is 0 Å². The average Bonchev–Trinajstić information content (AvgIpc) is 2.03. The van der Waals surface area contributed by atoms with Crippen molar-refractivity contribution in [3.63, 3.8) is 0 Å². The van der Waals surface area contributed by atoms with Gasteiger partial charge in [-0.25, -0.2) is 4.39 Å². The molecule has 1 rings (SSSR count). The molecular weight excluding hydrogens is 210 g/mol. The molecule has 0 aliphatic rings. The summed E-state index contributed by atoms with van der Waals surface area (Å²) >= 11 is 0. The molecule has 0 bridgehead atoms. The Balaban J connectivity index is 3.17. The molecule has 0 radical (unpaired) electrons. The van der Waals surface area contributed by atoms with Crippen LogP contribution in [0.5, 0.6) is 0 Å². The first-order chi connectivity index (χ1) is 6.25. The molecule has 0 fully saturated rings. The van der Waals surface area contributed by atoms with E-state index >= 15 is 0 Å². The van der Waals surface area contributed by atoms with E-state index in [1.54, 1.807) is 0 Å². The lowest BCUT2D eigenvalue weighted by molar-refractivity contribution is 0.108. The molecule has 1 aromatic carbocycles. The molecule has 14 heavy (non-hydrogen) atoms. The summed E-state index contributed by atoms with van der Waals surface area (Å²) in [6, 6.07) is 4.32. The molecule has 0 saturated carbocycles. The molecule has 1 aromatic rings. The third-order valence-corrected chi connectivity index (χ3v) is 3.35. The van der Waals surface area contributed by atoms with E-state index in [4.69, 9.17) is 9.79 Å². The molecule has 1 atom stereocenters. The fourth-order valence-corrected chi connectivity index (χ4v) is 1.42. The maximum absolute atomic E-state index is 12.5. The second kappa shape index (κ2) is 3.44. The van der Waals surface area contributed by atoms with Crippen LogP contribution in [0.4, 0.5) is 4.39 Å². The number of rotatable bonds is 2. The Labute approximate surface area is 80.2 Å². The van der Waals surface area contributed by atoms with Gasteiger partial charge in [0.2, 0.25) is 0 Å². The van der Waals surface area contributed by atoms with Crippen LogP contribution in [0, 0.1) is 5.82 Å². The van der Waals surface area contributed by atoms with Crippen LogP contribution in [0.15, 0.2) is 24.3 Å². The monoisotopic (exact) mass is 220 g/mol. The molecule has 4 nitrogen and oxygen atoms in total. The van der Waals surface area contributed by atoms with Crippen LogP contribution in [0.25, 0.3) is 0 Å². The summed E-state index contributed by atoms with van der Waals surface area (Å²) < 4.78 is 23.4. The van der Waals surface area contributed by atoms with Crippen LogP contribution in [0.1, 0.15) is 12.5 Å². The normalized spacial score (nSPS) is 16.4. The Hall–Kier alpha value is -0.740. The van der Waals surface area contributed by atoms with Crippen molar-refractivity contribution in [2.24, 2.45) is 0 Å². The predicted molar refractivity (Wildman–Crippen MR) is 48.0 cm³/mol. The van der Waals surface area contributed by atoms with Gasteiger partial charge >= 0.3 is 7.60 Å². The minimum Gasteiger partial charge on any atom is -0.373 e. The first-order valence-electron chi connectivity index (χ1n) is 3.79. The number of aliphatic hydroxyl groups is 1. The number of hydrogen-bond acceptors (Lipinski definition) is 2. The van der Waals surface area contributed by atoms with Gasteiger partial charge in [0, 0.05) is 0 Å². The highest BCUT2D eigenvalue weighted by Gasteiger charge is 2.41. The van der Waals surface area contributed by atoms with Gasteiger partial charge in [0.15, 0.2) is 5.34 Å². The topological polar surface area (TPSA) is 77.8 Å². The van der Waals surface area contributed by atoms with E-state index in [0.29, 0.717) is 0 Å². The van der Waals surface area contributed by atoms with E-state index in [1.807, 2.05) is 0 Å². The lowest BCUT2D eigenvalue weighted by Crippen LogP contribution is -2.20. The zero-order valence-corrected chi connectivity index (χ0v) is 8.28. The molecular formula is C8H10FO4P. The van der Waals surface area contributed by atoms with Gasteiger partial charge in [0.1, 0.15) is 5.82 Å². The molecule has 6 heteroatoms. The molecule has 0 saturated heterocycles. The van der Waals surface area contributed by atoms with Crippen molar-refractivity contribution >= 4 is 7.60 Å². The van der Waals surface area contributed by atoms with Crippen molar-refractivity contribution in [3.8, 4) is 0 Å². The lowest BCUT2D eigenvalue weighted by Gasteiger charge is -2.24. The van der Waals surface area contributed by atoms with Crippen molar-refractivity contribution in [1.29, 1.82) is 0 Å². The molecule has 0 heterocycles. The number of halogens is 1. The maximum Gasteiger partial charge on any atom is 0.361 e. The molecule has 0 amide bonds. The first-order valence-corrected chi connectivity index (χ1v) is 5.40. The van der Waals surface area contributed by atoms with Gasteiger partial charge in [-0.1, -0.05) is 12.1 Å². The summed E-state index contributed by atoms with van der Waals surface area (Å²) in [5.74, 6) is -0.532. The SMILES string of the molecule is CC(O)(c1ccc(F)cc1)P(=O)(O)O. The molecule has 78 valence electrons. The standard InChI is InChI=1S/C8H10FO4P/c1-8(10,14(11,12)13)6-2-4-7(9)5-3-6/h2-5,10H,1H3,(H2,11,12,13). The van der Waals surface area contributed by atoms with Gasteiger partial charge in [-0.15, -0.1) is 0 Å². The van der Waals surface area contributed by atoms with Crippen molar-refractivity contribution in [1.82, 2.24) is 0 Å². The molecule has 3 N–H and O–H groups in total. The average molecular weight is 220 g/mol. The van der Waals surface area contributed by atoms with Crippen LogP contribution >= 0.6 is 7.60 Å². The Bertz CT molecular complexity index is 367. The quantitative estimate of drug-likeness (QED) is 0.653. The van der Waals surface area contributed by atoms with Crippen LogP contribution in [-0.4, -0.2) is 14.9 Å². The highest BCUT2D eigenvalue weighted by atomic mass is 31.2. The first kappa shape index (κ1) is 11.3. The van der Waals surface area contributed by atoms with Crippen molar-refractivity contribution in [2.75, 3.05) is 0 Å². The smallest absolute Gasteiger partial charge is 0.361 e. The van der Waals surface area contributed by atoms with Crippen molar-refractivity contribution in [2.45, 2.75) is 12.3 Å². The van der Waals surface area contributed by atoms with Gasteiger partial charge < -0.3 is 14.9 Å². The summed E-state index contributed by atoms with van der Waals surface area (Å²) in [7, 11) is -4.67. The lowest BCUT2D eigenvalue weighted by atomic mass is 10.1. The fourth-order valence-electron chi connectivity index (χ4n) is 0.934. The molecule has 0 aliphatic carbocycles. The zero-order valence-electron chi connectivity index (χ0n) is 7.38. The number of benzene rings is 1. The predicted octanol–water partition coefficient (Wildman–Crippen LogP) is 1.17. The summed E-state index contributed by atoms with van der Waals surface area (Å²) in [6.07, 6.45) is 0. The third kappa shape index (κ3) is 2.01. The zero-order chi connectivity index (χ0) is 11.0. The van der Waals surface area contributed by atoms with E-state index in [2.05, 4.69) is 0 Å². The van der Waals surface area contributed by atoms with Crippen LogP contribution in [-0.2, 0) is 9.91 Å².